The molecular weight excluding hydrogens is 142 g/mol. The van der Waals surface area contributed by atoms with E-state index in [2.05, 4.69) is 5.16 Å². The molecule has 3 N–H and O–H groups in total. The fourth-order valence-electron chi connectivity index (χ4n) is 0.842. The highest BCUT2D eigenvalue weighted by Gasteiger charge is 2.06. The molecule has 0 aliphatic rings. The Hall–Kier alpha value is -1.45. The van der Waals surface area contributed by atoms with Gasteiger partial charge in [0.25, 0.3) is 0 Å². The second-order valence-electron chi connectivity index (χ2n) is 2.33. The minimum absolute atomic E-state index is 0.0880. The van der Waals surface area contributed by atoms with Gasteiger partial charge in [0.2, 0.25) is 0 Å². The lowest BCUT2D eigenvalue weighted by atomic mass is 10.3. The highest BCUT2D eigenvalue weighted by atomic mass is 16.4. The Kier molecular flexibility index (Phi) is 2.15. The van der Waals surface area contributed by atoms with Crippen LogP contribution < -0.4 is 5.73 Å². The summed E-state index contributed by atoms with van der Waals surface area (Å²) in [4.78, 5) is 0. The first-order chi connectivity index (χ1) is 5.25. The van der Waals surface area contributed by atoms with Crippen molar-refractivity contribution in [1.29, 1.82) is 0 Å². The molecule has 0 aliphatic carbocycles. The second kappa shape index (κ2) is 3.09. The zero-order chi connectivity index (χ0) is 8.27. The molecule has 4 nitrogen and oxygen atoms in total. The zero-order valence-corrected chi connectivity index (χ0v) is 6.31. The summed E-state index contributed by atoms with van der Waals surface area (Å²) < 4.78 is 1.86. The van der Waals surface area contributed by atoms with Gasteiger partial charge in [0.15, 0.2) is 5.84 Å². The zero-order valence-electron chi connectivity index (χ0n) is 6.31. The Morgan fingerprint density at radius 3 is 2.55 bits per heavy atom. The minimum atomic E-state index is -0.0880. The average molecular weight is 153 g/mol. The fraction of sp³-hybridized carbons (Fsp3) is 0.286. The van der Waals surface area contributed by atoms with E-state index < -0.39 is 0 Å². The van der Waals surface area contributed by atoms with Gasteiger partial charge in [-0.15, -0.1) is 0 Å². The standard InChI is InChI=1S/C7H11N3O/c1-6(7(8)9-11)10-4-2-3-5-10/h2-6,11H,1H3,(H2,8,9). The van der Waals surface area contributed by atoms with E-state index in [1.54, 1.807) is 0 Å². The first-order valence-corrected chi connectivity index (χ1v) is 3.35. The van der Waals surface area contributed by atoms with E-state index in [1.165, 1.54) is 0 Å². The van der Waals surface area contributed by atoms with Crippen LogP contribution in [-0.4, -0.2) is 15.6 Å². The lowest BCUT2D eigenvalue weighted by Crippen LogP contribution is -2.23. The number of nitrogens with zero attached hydrogens (tertiary/aromatic N) is 2. The van der Waals surface area contributed by atoms with Gasteiger partial charge in [0.05, 0.1) is 6.04 Å². The third kappa shape index (κ3) is 1.52. The molecule has 4 heteroatoms. The summed E-state index contributed by atoms with van der Waals surface area (Å²) in [5, 5.41) is 11.3. The third-order valence-electron chi connectivity index (χ3n) is 1.62. The van der Waals surface area contributed by atoms with Crippen LogP contribution in [0.1, 0.15) is 13.0 Å². The van der Waals surface area contributed by atoms with Crippen LogP contribution in [0.25, 0.3) is 0 Å². The van der Waals surface area contributed by atoms with Gasteiger partial charge < -0.3 is 15.5 Å². The highest BCUT2D eigenvalue weighted by Crippen LogP contribution is 2.04. The lowest BCUT2D eigenvalue weighted by Gasteiger charge is -2.10. The molecule has 1 rings (SSSR count). The summed E-state index contributed by atoms with van der Waals surface area (Å²) in [6, 6.07) is 3.69. The molecule has 0 bridgehead atoms. The maximum Gasteiger partial charge on any atom is 0.161 e. The Bertz CT molecular complexity index is 240. The summed E-state index contributed by atoms with van der Waals surface area (Å²) in [6.07, 6.45) is 3.73. The van der Waals surface area contributed by atoms with Crippen molar-refractivity contribution in [2.24, 2.45) is 10.9 Å². The van der Waals surface area contributed by atoms with Crippen molar-refractivity contribution in [3.05, 3.63) is 24.5 Å². The summed E-state index contributed by atoms with van der Waals surface area (Å²) in [7, 11) is 0. The smallest absolute Gasteiger partial charge is 0.161 e. The first-order valence-electron chi connectivity index (χ1n) is 3.35. The number of hydrogen-bond donors (Lipinski definition) is 2. The molecule has 60 valence electrons. The second-order valence-corrected chi connectivity index (χ2v) is 2.33. The maximum absolute atomic E-state index is 8.35. The predicted octanol–water partition coefficient (Wildman–Crippen LogP) is 0.796. The molecule has 0 saturated carbocycles. The predicted molar refractivity (Wildman–Crippen MR) is 42.6 cm³/mol. The van der Waals surface area contributed by atoms with Crippen molar-refractivity contribution in [2.45, 2.75) is 13.0 Å². The molecule has 1 atom stereocenters. The number of amidine groups is 1. The summed E-state index contributed by atoms with van der Waals surface area (Å²) >= 11 is 0. The topological polar surface area (TPSA) is 63.5 Å². The molecule has 0 fully saturated rings. The Morgan fingerprint density at radius 1 is 1.55 bits per heavy atom. The fourth-order valence-corrected chi connectivity index (χ4v) is 0.842. The van der Waals surface area contributed by atoms with Crippen LogP contribution in [0.4, 0.5) is 0 Å². The van der Waals surface area contributed by atoms with E-state index >= 15 is 0 Å². The molecule has 0 saturated heterocycles. The van der Waals surface area contributed by atoms with Crippen LogP contribution in [0.15, 0.2) is 29.7 Å². The number of rotatable bonds is 2. The van der Waals surface area contributed by atoms with Crippen molar-refractivity contribution in [3.63, 3.8) is 0 Å². The van der Waals surface area contributed by atoms with Crippen molar-refractivity contribution in [3.8, 4) is 0 Å². The van der Waals surface area contributed by atoms with E-state index in [4.69, 9.17) is 10.9 Å². The number of oxime groups is 1. The average Bonchev–Trinajstić information content (AvgIpc) is 2.53. The number of nitrogens with two attached hydrogens (primary N) is 1. The lowest BCUT2D eigenvalue weighted by molar-refractivity contribution is 0.314. The maximum atomic E-state index is 8.35. The summed E-state index contributed by atoms with van der Waals surface area (Å²) in [5.74, 6) is 0.209. The van der Waals surface area contributed by atoms with Gasteiger partial charge in [0.1, 0.15) is 0 Å². The SMILES string of the molecule is CC(/C(N)=N/O)n1cccc1. The van der Waals surface area contributed by atoms with Crippen LogP contribution >= 0.6 is 0 Å². The van der Waals surface area contributed by atoms with Crippen LogP contribution in [0.5, 0.6) is 0 Å². The molecule has 0 aliphatic heterocycles. The van der Waals surface area contributed by atoms with Gasteiger partial charge >= 0.3 is 0 Å². The molecule has 11 heavy (non-hydrogen) atoms. The Labute approximate surface area is 64.9 Å². The molecule has 0 aromatic carbocycles. The minimum Gasteiger partial charge on any atom is -0.409 e. The normalized spacial score (nSPS) is 14.8. The van der Waals surface area contributed by atoms with E-state index in [9.17, 15) is 0 Å². The Morgan fingerprint density at radius 2 is 2.09 bits per heavy atom. The van der Waals surface area contributed by atoms with Gasteiger partial charge in [-0.25, -0.2) is 0 Å². The molecule has 1 aromatic rings. The van der Waals surface area contributed by atoms with Crippen molar-refractivity contribution >= 4 is 5.84 Å². The summed E-state index contributed by atoms with van der Waals surface area (Å²) in [5.41, 5.74) is 5.39. The quantitative estimate of drug-likeness (QED) is 0.285. The van der Waals surface area contributed by atoms with E-state index in [-0.39, 0.29) is 11.9 Å². The number of hydrogen-bond acceptors (Lipinski definition) is 2. The van der Waals surface area contributed by atoms with Gasteiger partial charge in [-0.05, 0) is 19.1 Å². The van der Waals surface area contributed by atoms with Crippen molar-refractivity contribution in [2.75, 3.05) is 0 Å². The molecule has 1 heterocycles. The molecule has 1 unspecified atom stereocenters. The third-order valence-corrected chi connectivity index (χ3v) is 1.62. The molecule has 0 amide bonds. The summed E-state index contributed by atoms with van der Waals surface area (Å²) in [6.45, 7) is 1.86. The van der Waals surface area contributed by atoms with Crippen LogP contribution in [-0.2, 0) is 0 Å². The van der Waals surface area contributed by atoms with Crippen molar-refractivity contribution < 1.29 is 5.21 Å². The van der Waals surface area contributed by atoms with Gasteiger partial charge in [-0.3, -0.25) is 0 Å². The van der Waals surface area contributed by atoms with Gasteiger partial charge in [-0.1, -0.05) is 5.16 Å². The van der Waals surface area contributed by atoms with E-state index in [0.717, 1.165) is 0 Å². The first kappa shape index (κ1) is 7.65. The van der Waals surface area contributed by atoms with Gasteiger partial charge in [0, 0.05) is 12.4 Å². The largest absolute Gasteiger partial charge is 0.409 e. The number of aromatic nitrogens is 1. The van der Waals surface area contributed by atoms with Gasteiger partial charge in [-0.2, -0.15) is 0 Å². The molecule has 1 aromatic heterocycles. The van der Waals surface area contributed by atoms with E-state index in [0.29, 0.717) is 0 Å². The monoisotopic (exact) mass is 153 g/mol. The van der Waals surface area contributed by atoms with E-state index in [1.807, 2.05) is 36.0 Å². The molecule has 0 radical (unpaired) electrons. The van der Waals surface area contributed by atoms with Crippen molar-refractivity contribution in [1.82, 2.24) is 4.57 Å². The van der Waals surface area contributed by atoms with Crippen LogP contribution in [0.2, 0.25) is 0 Å². The van der Waals surface area contributed by atoms with Crippen LogP contribution in [0, 0.1) is 0 Å². The Balaban J connectivity index is 2.78. The molecular formula is C7H11N3O. The highest BCUT2D eigenvalue weighted by molar-refractivity contribution is 5.83. The van der Waals surface area contributed by atoms with Crippen LogP contribution in [0.3, 0.4) is 0 Å². The molecule has 0 spiro atoms.